The average molecular weight is 361 g/mol. The molecule has 0 heterocycles. The zero-order valence-corrected chi connectivity index (χ0v) is 18.5. The molecule has 5 heteroatoms. The molecule has 0 aromatic rings. The van der Waals surface area contributed by atoms with Crippen molar-refractivity contribution in [3.63, 3.8) is 0 Å². The number of hydrogen-bond acceptors (Lipinski definition) is 3. The van der Waals surface area contributed by atoms with E-state index in [0.29, 0.717) is 0 Å². The summed E-state index contributed by atoms with van der Waals surface area (Å²) < 4.78 is 6.72. The molecule has 0 radical (unpaired) electrons. The van der Waals surface area contributed by atoms with Gasteiger partial charge in [0.2, 0.25) is 0 Å². The second kappa shape index (κ2) is 13.6. The zero-order valence-electron chi connectivity index (χ0n) is 16.5. The molecule has 0 aliphatic carbocycles. The maximum Gasteiger partial charge on any atom is 0.173 e. The highest BCUT2D eigenvalue weighted by Crippen LogP contribution is 2.25. The van der Waals surface area contributed by atoms with Crippen LogP contribution in [0.15, 0.2) is 0 Å². The summed E-state index contributed by atoms with van der Waals surface area (Å²) in [7, 11) is -2.94. The van der Waals surface area contributed by atoms with Gasteiger partial charge in [0.15, 0.2) is 16.6 Å². The van der Waals surface area contributed by atoms with E-state index in [0.717, 1.165) is 13.1 Å². The van der Waals surface area contributed by atoms with E-state index in [1.54, 1.807) is 0 Å². The van der Waals surface area contributed by atoms with Gasteiger partial charge in [-0.1, -0.05) is 51.4 Å². The molecule has 0 bridgehead atoms. The fourth-order valence-electron chi connectivity index (χ4n) is 3.30. The molecule has 0 aromatic carbocycles. The maximum atomic E-state index is 6.72. The number of rotatable bonds is 16. The van der Waals surface area contributed by atoms with Crippen molar-refractivity contribution in [3.05, 3.63) is 0 Å². The van der Waals surface area contributed by atoms with E-state index in [9.17, 15) is 0 Å². The van der Waals surface area contributed by atoms with Gasteiger partial charge in [-0.15, -0.1) is 0 Å². The van der Waals surface area contributed by atoms with Crippen LogP contribution in [0, 0.1) is 0 Å². The van der Waals surface area contributed by atoms with Crippen LogP contribution in [0.25, 0.3) is 0 Å². The molecule has 0 unspecified atom stereocenters. The second-order valence-corrected chi connectivity index (χ2v) is 17.1. The highest BCUT2D eigenvalue weighted by atomic mass is 28.4. The fraction of sp³-hybridized carbons (Fsp3) is 1.00. The summed E-state index contributed by atoms with van der Waals surface area (Å²) in [5.41, 5.74) is 11.1. The molecule has 140 valence electrons. The van der Waals surface area contributed by atoms with E-state index < -0.39 is 16.6 Å². The van der Waals surface area contributed by atoms with Crippen LogP contribution in [0.5, 0.6) is 0 Å². The Balaban J connectivity index is 3.82. The molecular formula is C18H44N2OSi2. The van der Waals surface area contributed by atoms with E-state index in [2.05, 4.69) is 26.2 Å². The van der Waals surface area contributed by atoms with Crippen LogP contribution in [-0.2, 0) is 4.12 Å². The van der Waals surface area contributed by atoms with Gasteiger partial charge in [-0.25, -0.2) is 0 Å². The molecule has 0 atom stereocenters. The lowest BCUT2D eigenvalue weighted by atomic mass is 10.2. The first-order valence-electron chi connectivity index (χ1n) is 9.93. The number of unbranched alkanes of at least 4 members (excludes halogenated alkanes) is 8. The molecule has 0 saturated heterocycles. The van der Waals surface area contributed by atoms with Crippen LogP contribution < -0.4 is 11.5 Å². The van der Waals surface area contributed by atoms with Gasteiger partial charge in [0.05, 0.1) is 0 Å². The summed E-state index contributed by atoms with van der Waals surface area (Å²) in [6.45, 7) is 11.4. The Kier molecular flexibility index (Phi) is 13.8. The van der Waals surface area contributed by atoms with Gasteiger partial charge in [-0.3, -0.25) is 0 Å². The SMILES string of the molecule is C[Si](C)(CCCCCCCN)O[Si](C)(C)CCCCCCCN. The number of nitrogens with two attached hydrogens (primary N) is 2. The van der Waals surface area contributed by atoms with Gasteiger partial charge in [-0.2, -0.15) is 0 Å². The summed E-state index contributed by atoms with van der Waals surface area (Å²) in [4.78, 5) is 0. The van der Waals surface area contributed by atoms with Crippen molar-refractivity contribution in [1.82, 2.24) is 0 Å². The Labute approximate surface area is 148 Å². The van der Waals surface area contributed by atoms with Crippen LogP contribution in [0.4, 0.5) is 0 Å². The van der Waals surface area contributed by atoms with E-state index >= 15 is 0 Å². The Morgan fingerprint density at radius 2 is 0.826 bits per heavy atom. The van der Waals surface area contributed by atoms with Crippen LogP contribution in [0.1, 0.15) is 64.2 Å². The van der Waals surface area contributed by atoms with E-state index in [4.69, 9.17) is 15.6 Å². The Hall–Kier alpha value is 0.314. The van der Waals surface area contributed by atoms with Gasteiger partial charge in [0.1, 0.15) is 0 Å². The van der Waals surface area contributed by atoms with Gasteiger partial charge in [0.25, 0.3) is 0 Å². The summed E-state index contributed by atoms with van der Waals surface area (Å²) >= 11 is 0. The first-order valence-corrected chi connectivity index (χ1v) is 16.2. The highest BCUT2D eigenvalue weighted by Gasteiger charge is 2.31. The molecule has 0 fully saturated rings. The average Bonchev–Trinajstić information content (AvgIpc) is 2.45. The predicted octanol–water partition coefficient (Wildman–Crippen LogP) is 5.23. The maximum absolute atomic E-state index is 6.72. The van der Waals surface area contributed by atoms with Gasteiger partial charge in [-0.05, 0) is 64.2 Å². The summed E-state index contributed by atoms with van der Waals surface area (Å²) in [6, 6.07) is 2.64. The van der Waals surface area contributed by atoms with E-state index in [-0.39, 0.29) is 0 Å². The van der Waals surface area contributed by atoms with Crippen molar-refractivity contribution in [2.24, 2.45) is 11.5 Å². The Bertz CT molecular complexity index is 248. The van der Waals surface area contributed by atoms with Gasteiger partial charge in [0, 0.05) is 0 Å². The van der Waals surface area contributed by atoms with Crippen LogP contribution in [0.2, 0.25) is 38.3 Å². The van der Waals surface area contributed by atoms with E-state index in [1.165, 1.54) is 76.3 Å². The third kappa shape index (κ3) is 15.6. The fourth-order valence-corrected chi connectivity index (χ4v) is 12.3. The lowest BCUT2D eigenvalue weighted by Crippen LogP contribution is -2.44. The first kappa shape index (κ1) is 23.3. The third-order valence-corrected chi connectivity index (χ3v) is 12.1. The van der Waals surface area contributed by atoms with Crippen molar-refractivity contribution < 1.29 is 4.12 Å². The minimum Gasteiger partial charge on any atom is -0.455 e. The molecule has 23 heavy (non-hydrogen) atoms. The molecule has 0 aliphatic heterocycles. The minimum atomic E-state index is -1.47. The van der Waals surface area contributed by atoms with Crippen molar-refractivity contribution >= 4 is 16.6 Å². The van der Waals surface area contributed by atoms with Crippen LogP contribution >= 0.6 is 0 Å². The monoisotopic (exact) mass is 360 g/mol. The van der Waals surface area contributed by atoms with Crippen molar-refractivity contribution in [1.29, 1.82) is 0 Å². The summed E-state index contributed by atoms with van der Waals surface area (Å²) in [5.74, 6) is 0. The quantitative estimate of drug-likeness (QED) is 0.292. The van der Waals surface area contributed by atoms with Crippen molar-refractivity contribution in [2.45, 2.75) is 102 Å². The first-order chi connectivity index (χ1) is 10.8. The van der Waals surface area contributed by atoms with E-state index in [1.807, 2.05) is 0 Å². The molecule has 0 rings (SSSR count). The zero-order chi connectivity index (χ0) is 17.6. The molecular weight excluding hydrogens is 316 g/mol. The Morgan fingerprint density at radius 3 is 1.17 bits per heavy atom. The highest BCUT2D eigenvalue weighted by molar-refractivity contribution is 6.84. The van der Waals surface area contributed by atoms with Crippen molar-refractivity contribution in [3.8, 4) is 0 Å². The lowest BCUT2D eigenvalue weighted by molar-refractivity contribution is 0.520. The topological polar surface area (TPSA) is 61.3 Å². The standard InChI is InChI=1S/C18H44N2OSi2/c1-22(2,17-13-9-5-7-11-15-19)21-23(3,4)18-14-10-6-8-12-16-20/h5-20H2,1-4H3. The molecule has 0 aliphatic rings. The lowest BCUT2D eigenvalue weighted by Gasteiger charge is -2.34. The van der Waals surface area contributed by atoms with Crippen LogP contribution in [-0.4, -0.2) is 29.7 Å². The van der Waals surface area contributed by atoms with Gasteiger partial charge < -0.3 is 15.6 Å². The van der Waals surface area contributed by atoms with Gasteiger partial charge >= 0.3 is 0 Å². The molecule has 0 aromatic heterocycles. The number of hydrogen-bond donors (Lipinski definition) is 2. The predicted molar refractivity (Wildman–Crippen MR) is 110 cm³/mol. The molecule has 4 N–H and O–H groups in total. The molecule has 3 nitrogen and oxygen atoms in total. The van der Waals surface area contributed by atoms with Crippen molar-refractivity contribution in [2.75, 3.05) is 13.1 Å². The smallest absolute Gasteiger partial charge is 0.173 e. The third-order valence-electron chi connectivity index (χ3n) is 4.52. The molecule has 0 spiro atoms. The molecule has 0 saturated carbocycles. The second-order valence-electron chi connectivity index (χ2n) is 8.23. The molecule has 0 amide bonds. The minimum absolute atomic E-state index is 0.843. The van der Waals surface area contributed by atoms with Crippen LogP contribution in [0.3, 0.4) is 0 Å². The summed E-state index contributed by atoms with van der Waals surface area (Å²) in [5, 5.41) is 0. The normalized spacial score (nSPS) is 12.8. The Morgan fingerprint density at radius 1 is 0.522 bits per heavy atom. The summed E-state index contributed by atoms with van der Waals surface area (Å²) in [6.07, 6.45) is 13.0. The largest absolute Gasteiger partial charge is 0.455 e.